The molecule has 0 spiro atoms. The first-order valence-corrected chi connectivity index (χ1v) is 5.58. The van der Waals surface area contributed by atoms with Crippen molar-refractivity contribution in [2.45, 2.75) is 38.1 Å². The number of hydrogen-bond donors (Lipinski definition) is 1. The summed E-state index contributed by atoms with van der Waals surface area (Å²) in [5.74, 6) is 1.42. The summed E-state index contributed by atoms with van der Waals surface area (Å²) in [4.78, 5) is 0. The first-order valence-electron chi connectivity index (χ1n) is 5.58. The number of nitrogens with two attached hydrogens (primary N) is 1. The minimum atomic E-state index is 0.426. The van der Waals surface area contributed by atoms with Crippen LogP contribution < -0.4 is 5.73 Å². The molecule has 1 nitrogen and oxygen atoms in total. The molecule has 1 fully saturated rings. The highest BCUT2D eigenvalue weighted by molar-refractivity contribution is 5.20. The van der Waals surface area contributed by atoms with Crippen LogP contribution in [-0.4, -0.2) is 6.04 Å². The van der Waals surface area contributed by atoms with E-state index in [1.165, 1.54) is 24.8 Å². The van der Waals surface area contributed by atoms with E-state index in [0.29, 0.717) is 12.0 Å². The van der Waals surface area contributed by atoms with Crippen molar-refractivity contribution in [3.63, 3.8) is 0 Å². The molecule has 0 radical (unpaired) electrons. The Morgan fingerprint density at radius 2 is 1.86 bits per heavy atom. The van der Waals surface area contributed by atoms with E-state index in [1.54, 1.807) is 0 Å². The van der Waals surface area contributed by atoms with Crippen molar-refractivity contribution < 1.29 is 0 Å². The van der Waals surface area contributed by atoms with Gasteiger partial charge in [-0.15, -0.1) is 0 Å². The van der Waals surface area contributed by atoms with Gasteiger partial charge in [-0.1, -0.05) is 37.3 Å². The molecule has 1 aromatic carbocycles. The highest BCUT2D eigenvalue weighted by atomic mass is 14.7. The van der Waals surface area contributed by atoms with Crippen molar-refractivity contribution in [1.82, 2.24) is 0 Å². The SMILES string of the molecule is CC1CC(c2ccccc2)CCC1N. The van der Waals surface area contributed by atoms with Crippen molar-refractivity contribution >= 4 is 0 Å². The largest absolute Gasteiger partial charge is 0.327 e. The molecular weight excluding hydrogens is 170 g/mol. The fourth-order valence-electron chi connectivity index (χ4n) is 2.45. The quantitative estimate of drug-likeness (QED) is 0.722. The summed E-state index contributed by atoms with van der Waals surface area (Å²) in [5.41, 5.74) is 7.51. The van der Waals surface area contributed by atoms with Crippen molar-refractivity contribution in [3.8, 4) is 0 Å². The van der Waals surface area contributed by atoms with Crippen LogP contribution in [0.15, 0.2) is 30.3 Å². The predicted octanol–water partition coefficient (Wildman–Crippen LogP) is 2.92. The topological polar surface area (TPSA) is 26.0 Å². The van der Waals surface area contributed by atoms with Crippen LogP contribution in [0, 0.1) is 5.92 Å². The van der Waals surface area contributed by atoms with Gasteiger partial charge < -0.3 is 5.73 Å². The Bertz CT molecular complexity index is 281. The lowest BCUT2D eigenvalue weighted by atomic mass is 9.76. The normalized spacial score (nSPS) is 32.9. The molecule has 76 valence electrons. The van der Waals surface area contributed by atoms with E-state index in [1.807, 2.05) is 0 Å². The number of hydrogen-bond acceptors (Lipinski definition) is 1. The lowest BCUT2D eigenvalue weighted by Gasteiger charge is -2.32. The standard InChI is InChI=1S/C13H19N/c1-10-9-12(7-8-13(10)14)11-5-3-2-4-6-11/h2-6,10,12-13H,7-9,14H2,1H3. The second kappa shape index (κ2) is 4.14. The molecule has 0 bridgehead atoms. The van der Waals surface area contributed by atoms with E-state index in [9.17, 15) is 0 Å². The minimum absolute atomic E-state index is 0.426. The van der Waals surface area contributed by atoms with Gasteiger partial charge >= 0.3 is 0 Å². The molecule has 2 rings (SSSR count). The molecule has 0 aliphatic heterocycles. The van der Waals surface area contributed by atoms with Crippen LogP contribution in [0.4, 0.5) is 0 Å². The van der Waals surface area contributed by atoms with Gasteiger partial charge in [0, 0.05) is 6.04 Å². The van der Waals surface area contributed by atoms with Crippen molar-refractivity contribution in [2.75, 3.05) is 0 Å². The molecule has 1 aliphatic rings. The third kappa shape index (κ3) is 1.98. The smallest absolute Gasteiger partial charge is 0.00649 e. The van der Waals surface area contributed by atoms with Crippen LogP contribution in [0.25, 0.3) is 0 Å². The first-order chi connectivity index (χ1) is 6.77. The zero-order chi connectivity index (χ0) is 9.97. The summed E-state index contributed by atoms with van der Waals surface area (Å²) in [6.45, 7) is 2.28. The summed E-state index contributed by atoms with van der Waals surface area (Å²) >= 11 is 0. The van der Waals surface area contributed by atoms with Gasteiger partial charge in [-0.25, -0.2) is 0 Å². The van der Waals surface area contributed by atoms with E-state index < -0.39 is 0 Å². The molecule has 1 aliphatic carbocycles. The summed E-state index contributed by atoms with van der Waals surface area (Å²) in [5, 5.41) is 0. The monoisotopic (exact) mass is 189 g/mol. The van der Waals surface area contributed by atoms with Crippen LogP contribution in [0.2, 0.25) is 0 Å². The summed E-state index contributed by atoms with van der Waals surface area (Å²) in [6, 6.07) is 11.3. The maximum absolute atomic E-state index is 6.02. The summed E-state index contributed by atoms with van der Waals surface area (Å²) < 4.78 is 0. The second-order valence-electron chi connectivity index (χ2n) is 4.56. The zero-order valence-corrected chi connectivity index (χ0v) is 8.82. The van der Waals surface area contributed by atoms with Crippen molar-refractivity contribution in [2.24, 2.45) is 11.7 Å². The van der Waals surface area contributed by atoms with Crippen LogP contribution in [0.3, 0.4) is 0 Å². The Morgan fingerprint density at radius 1 is 1.14 bits per heavy atom. The van der Waals surface area contributed by atoms with E-state index >= 15 is 0 Å². The first kappa shape index (κ1) is 9.72. The van der Waals surface area contributed by atoms with Gasteiger partial charge in [-0.3, -0.25) is 0 Å². The molecule has 1 heteroatoms. The highest BCUT2D eigenvalue weighted by Crippen LogP contribution is 2.35. The van der Waals surface area contributed by atoms with Gasteiger partial charge in [0.25, 0.3) is 0 Å². The maximum atomic E-state index is 6.02. The van der Waals surface area contributed by atoms with Crippen molar-refractivity contribution in [1.29, 1.82) is 0 Å². The third-order valence-electron chi connectivity index (χ3n) is 3.51. The average molecular weight is 189 g/mol. The Labute approximate surface area is 86.3 Å². The molecule has 0 heterocycles. The molecule has 1 saturated carbocycles. The predicted molar refractivity (Wildman–Crippen MR) is 60.2 cm³/mol. The van der Waals surface area contributed by atoms with Gasteiger partial charge in [0.2, 0.25) is 0 Å². The third-order valence-corrected chi connectivity index (χ3v) is 3.51. The summed E-state index contributed by atoms with van der Waals surface area (Å²) in [6.07, 6.45) is 3.70. The fourth-order valence-corrected chi connectivity index (χ4v) is 2.45. The van der Waals surface area contributed by atoms with E-state index in [-0.39, 0.29) is 0 Å². The van der Waals surface area contributed by atoms with Crippen LogP contribution in [-0.2, 0) is 0 Å². The molecule has 3 unspecified atom stereocenters. The van der Waals surface area contributed by atoms with Crippen molar-refractivity contribution in [3.05, 3.63) is 35.9 Å². The lowest BCUT2D eigenvalue weighted by Crippen LogP contribution is -2.33. The number of rotatable bonds is 1. The number of benzene rings is 1. The Morgan fingerprint density at radius 3 is 2.50 bits per heavy atom. The lowest BCUT2D eigenvalue weighted by molar-refractivity contribution is 0.298. The highest BCUT2D eigenvalue weighted by Gasteiger charge is 2.25. The molecule has 2 N–H and O–H groups in total. The molecule has 0 amide bonds. The Balaban J connectivity index is 2.07. The maximum Gasteiger partial charge on any atom is 0.00649 e. The van der Waals surface area contributed by atoms with E-state index in [2.05, 4.69) is 37.3 Å². The fraction of sp³-hybridized carbons (Fsp3) is 0.538. The molecule has 1 aromatic rings. The van der Waals surface area contributed by atoms with Gasteiger partial charge in [-0.05, 0) is 36.7 Å². The van der Waals surface area contributed by atoms with Gasteiger partial charge in [-0.2, -0.15) is 0 Å². The molecule has 0 aromatic heterocycles. The van der Waals surface area contributed by atoms with Crippen LogP contribution >= 0.6 is 0 Å². The van der Waals surface area contributed by atoms with Gasteiger partial charge in [0.1, 0.15) is 0 Å². The average Bonchev–Trinajstić information content (AvgIpc) is 2.23. The van der Waals surface area contributed by atoms with E-state index in [0.717, 1.165) is 5.92 Å². The van der Waals surface area contributed by atoms with Crippen LogP contribution in [0.5, 0.6) is 0 Å². The van der Waals surface area contributed by atoms with Gasteiger partial charge in [0.15, 0.2) is 0 Å². The van der Waals surface area contributed by atoms with E-state index in [4.69, 9.17) is 5.73 Å². The van der Waals surface area contributed by atoms with Gasteiger partial charge in [0.05, 0.1) is 0 Å². The Hall–Kier alpha value is -0.820. The summed E-state index contributed by atoms with van der Waals surface area (Å²) in [7, 11) is 0. The second-order valence-corrected chi connectivity index (χ2v) is 4.56. The Kier molecular flexibility index (Phi) is 2.87. The minimum Gasteiger partial charge on any atom is -0.327 e. The molecular formula is C13H19N. The zero-order valence-electron chi connectivity index (χ0n) is 8.82. The molecule has 14 heavy (non-hydrogen) atoms. The molecule has 0 saturated heterocycles. The molecule has 3 atom stereocenters. The van der Waals surface area contributed by atoms with Crippen LogP contribution in [0.1, 0.15) is 37.7 Å².